The summed E-state index contributed by atoms with van der Waals surface area (Å²) in [7, 11) is 0. The molecule has 128 valence electrons. The third kappa shape index (κ3) is 4.38. The largest absolute Gasteiger partial charge is 0.481 e. The molecule has 3 heteroatoms. The van der Waals surface area contributed by atoms with E-state index in [2.05, 4.69) is 31.3 Å². The van der Waals surface area contributed by atoms with E-state index in [9.17, 15) is 4.79 Å². The van der Waals surface area contributed by atoms with E-state index < -0.39 is 6.10 Å². The molecule has 2 aromatic carbocycles. The van der Waals surface area contributed by atoms with Gasteiger partial charge in [-0.3, -0.25) is 4.79 Å². The zero-order valence-corrected chi connectivity index (χ0v) is 15.4. The highest BCUT2D eigenvalue weighted by molar-refractivity contribution is 5.94. The molecule has 0 fully saturated rings. The van der Waals surface area contributed by atoms with Gasteiger partial charge in [-0.15, -0.1) is 0 Å². The van der Waals surface area contributed by atoms with Gasteiger partial charge in [0.2, 0.25) is 0 Å². The lowest BCUT2D eigenvalue weighted by atomic mass is 10.0. The van der Waals surface area contributed by atoms with Crippen LogP contribution < -0.4 is 10.1 Å². The van der Waals surface area contributed by atoms with Crippen LogP contribution in [0.25, 0.3) is 0 Å². The number of anilines is 1. The topological polar surface area (TPSA) is 38.3 Å². The minimum atomic E-state index is -0.566. The Balaban J connectivity index is 2.15. The van der Waals surface area contributed by atoms with Crippen molar-refractivity contribution in [3.63, 3.8) is 0 Å². The van der Waals surface area contributed by atoms with Gasteiger partial charge >= 0.3 is 0 Å². The predicted molar refractivity (Wildman–Crippen MR) is 99.9 cm³/mol. The Bertz CT molecular complexity index is 735. The van der Waals surface area contributed by atoms with Gasteiger partial charge in [0.15, 0.2) is 6.10 Å². The van der Waals surface area contributed by atoms with E-state index in [1.165, 1.54) is 0 Å². The van der Waals surface area contributed by atoms with Gasteiger partial charge in [-0.05, 0) is 68.0 Å². The lowest BCUT2D eigenvalue weighted by Gasteiger charge is -2.20. The number of hydrogen-bond acceptors (Lipinski definition) is 2. The zero-order valence-electron chi connectivity index (χ0n) is 15.4. The van der Waals surface area contributed by atoms with Crippen LogP contribution in [-0.4, -0.2) is 12.0 Å². The summed E-state index contributed by atoms with van der Waals surface area (Å²) in [6.07, 6.45) is -0.566. The van der Waals surface area contributed by atoms with Crippen LogP contribution in [0.2, 0.25) is 0 Å². The molecule has 2 aromatic rings. The van der Waals surface area contributed by atoms with Crippen molar-refractivity contribution in [3.8, 4) is 5.75 Å². The Morgan fingerprint density at radius 2 is 1.58 bits per heavy atom. The highest BCUT2D eigenvalue weighted by Crippen LogP contribution is 2.28. The summed E-state index contributed by atoms with van der Waals surface area (Å²) in [6.45, 7) is 12.1. The third-order valence-electron chi connectivity index (χ3n) is 4.11. The molecule has 0 saturated heterocycles. The second-order valence-corrected chi connectivity index (χ2v) is 6.76. The molecule has 0 bridgehead atoms. The van der Waals surface area contributed by atoms with E-state index in [4.69, 9.17) is 4.74 Å². The van der Waals surface area contributed by atoms with Crippen molar-refractivity contribution >= 4 is 11.6 Å². The van der Waals surface area contributed by atoms with Gasteiger partial charge in [0.25, 0.3) is 5.91 Å². The molecule has 1 atom stereocenters. The van der Waals surface area contributed by atoms with Crippen molar-refractivity contribution < 1.29 is 9.53 Å². The first kappa shape index (κ1) is 18.1. The molecule has 1 amide bonds. The van der Waals surface area contributed by atoms with Crippen LogP contribution in [-0.2, 0) is 4.79 Å². The molecule has 0 aliphatic rings. The third-order valence-corrected chi connectivity index (χ3v) is 4.11. The normalized spacial score (nSPS) is 12.1. The Hall–Kier alpha value is -2.29. The number of hydrogen-bond donors (Lipinski definition) is 1. The number of aryl methyl sites for hydroxylation is 3. The van der Waals surface area contributed by atoms with Gasteiger partial charge in [-0.1, -0.05) is 38.1 Å². The highest BCUT2D eigenvalue weighted by atomic mass is 16.5. The minimum Gasteiger partial charge on any atom is -0.481 e. The summed E-state index contributed by atoms with van der Waals surface area (Å²) >= 11 is 0. The average molecular weight is 325 g/mol. The molecule has 2 rings (SSSR count). The molecule has 0 aromatic heterocycles. The fourth-order valence-electron chi connectivity index (χ4n) is 2.57. The average Bonchev–Trinajstić information content (AvgIpc) is 2.50. The molecule has 0 heterocycles. The Kier molecular flexibility index (Phi) is 5.66. The number of carbonyl (C=O) groups excluding carboxylic acids is 1. The van der Waals surface area contributed by atoms with E-state index in [-0.39, 0.29) is 5.91 Å². The van der Waals surface area contributed by atoms with Crippen LogP contribution in [0.1, 0.15) is 48.9 Å². The molecule has 1 unspecified atom stereocenters. The standard InChI is InChI=1S/C21H27NO2/c1-13(2)18-10-8-15(4)12-20(18)24-17(6)21(23)22-19-11-14(3)7-9-16(19)5/h7-13,17H,1-6H3,(H,22,23). The Morgan fingerprint density at radius 3 is 2.25 bits per heavy atom. The molecular weight excluding hydrogens is 298 g/mol. The number of benzene rings is 2. The molecule has 0 radical (unpaired) electrons. The molecule has 3 nitrogen and oxygen atoms in total. The van der Waals surface area contributed by atoms with Crippen LogP contribution >= 0.6 is 0 Å². The first-order valence-corrected chi connectivity index (χ1v) is 8.43. The molecular formula is C21H27NO2. The van der Waals surface area contributed by atoms with Crippen molar-refractivity contribution in [2.75, 3.05) is 5.32 Å². The van der Waals surface area contributed by atoms with Crippen molar-refractivity contribution in [3.05, 3.63) is 58.7 Å². The number of nitrogens with one attached hydrogen (secondary N) is 1. The second-order valence-electron chi connectivity index (χ2n) is 6.76. The Morgan fingerprint density at radius 1 is 0.958 bits per heavy atom. The van der Waals surface area contributed by atoms with Gasteiger partial charge in [0.1, 0.15) is 5.75 Å². The van der Waals surface area contributed by atoms with Crippen molar-refractivity contribution in [2.45, 2.75) is 53.6 Å². The molecule has 0 aliphatic heterocycles. The van der Waals surface area contributed by atoms with Crippen LogP contribution in [0.3, 0.4) is 0 Å². The summed E-state index contributed by atoms with van der Waals surface area (Å²) in [6, 6.07) is 12.2. The van der Waals surface area contributed by atoms with Gasteiger partial charge in [0.05, 0.1) is 0 Å². The van der Waals surface area contributed by atoms with Crippen molar-refractivity contribution in [1.82, 2.24) is 0 Å². The fraction of sp³-hybridized carbons (Fsp3) is 0.381. The first-order chi connectivity index (χ1) is 11.3. The maximum Gasteiger partial charge on any atom is 0.265 e. The summed E-state index contributed by atoms with van der Waals surface area (Å²) < 4.78 is 5.98. The maximum absolute atomic E-state index is 12.5. The van der Waals surface area contributed by atoms with Crippen LogP contribution in [0.4, 0.5) is 5.69 Å². The lowest BCUT2D eigenvalue weighted by Crippen LogP contribution is -2.30. The Labute approximate surface area is 145 Å². The van der Waals surface area contributed by atoms with Crippen LogP contribution in [0, 0.1) is 20.8 Å². The number of carbonyl (C=O) groups is 1. The van der Waals surface area contributed by atoms with E-state index in [0.717, 1.165) is 33.7 Å². The fourth-order valence-corrected chi connectivity index (χ4v) is 2.57. The van der Waals surface area contributed by atoms with Gasteiger partial charge in [-0.2, -0.15) is 0 Å². The quantitative estimate of drug-likeness (QED) is 0.826. The number of amides is 1. The maximum atomic E-state index is 12.5. The molecule has 0 spiro atoms. The van der Waals surface area contributed by atoms with Crippen LogP contribution in [0.15, 0.2) is 36.4 Å². The first-order valence-electron chi connectivity index (χ1n) is 8.43. The van der Waals surface area contributed by atoms with Gasteiger partial charge in [-0.25, -0.2) is 0 Å². The molecule has 0 aliphatic carbocycles. The summed E-state index contributed by atoms with van der Waals surface area (Å²) in [5.41, 5.74) is 5.23. The molecule has 24 heavy (non-hydrogen) atoms. The summed E-state index contributed by atoms with van der Waals surface area (Å²) in [5, 5.41) is 2.97. The monoisotopic (exact) mass is 325 g/mol. The molecule has 1 N–H and O–H groups in total. The predicted octanol–water partition coefficient (Wildman–Crippen LogP) is 5.14. The smallest absolute Gasteiger partial charge is 0.265 e. The van der Waals surface area contributed by atoms with E-state index in [1.54, 1.807) is 6.92 Å². The van der Waals surface area contributed by atoms with E-state index in [1.807, 2.05) is 45.0 Å². The lowest BCUT2D eigenvalue weighted by molar-refractivity contribution is -0.122. The van der Waals surface area contributed by atoms with Gasteiger partial charge < -0.3 is 10.1 Å². The number of rotatable bonds is 5. The van der Waals surface area contributed by atoms with Crippen molar-refractivity contribution in [1.29, 1.82) is 0 Å². The van der Waals surface area contributed by atoms with Crippen LogP contribution in [0.5, 0.6) is 5.75 Å². The van der Waals surface area contributed by atoms with E-state index in [0.29, 0.717) is 5.92 Å². The highest BCUT2D eigenvalue weighted by Gasteiger charge is 2.18. The van der Waals surface area contributed by atoms with Crippen molar-refractivity contribution in [2.24, 2.45) is 0 Å². The second kappa shape index (κ2) is 7.52. The summed E-state index contributed by atoms with van der Waals surface area (Å²) in [5.74, 6) is 0.989. The minimum absolute atomic E-state index is 0.139. The summed E-state index contributed by atoms with van der Waals surface area (Å²) in [4.78, 5) is 12.5. The molecule has 0 saturated carbocycles. The zero-order chi connectivity index (χ0) is 17.9. The van der Waals surface area contributed by atoms with E-state index >= 15 is 0 Å². The SMILES string of the molecule is Cc1ccc(C)c(NC(=O)C(C)Oc2cc(C)ccc2C(C)C)c1. The van der Waals surface area contributed by atoms with Gasteiger partial charge in [0, 0.05) is 5.69 Å². The number of ether oxygens (including phenoxy) is 1.